The van der Waals surface area contributed by atoms with Gasteiger partial charge in [0.25, 0.3) is 0 Å². The largest absolute Gasteiger partial charge is 0.497 e. The zero-order valence-electron chi connectivity index (χ0n) is 12.7. The van der Waals surface area contributed by atoms with Crippen LogP contribution in [0.15, 0.2) is 30.5 Å². The number of nitrogens with one attached hydrogen (secondary N) is 2. The Morgan fingerprint density at radius 3 is 3.13 bits per heavy atom. The molecule has 120 valence electrons. The van der Waals surface area contributed by atoms with Gasteiger partial charge in [0.2, 0.25) is 11.8 Å². The monoisotopic (exact) mass is 331 g/mol. The molecule has 23 heavy (non-hydrogen) atoms. The fourth-order valence-corrected chi connectivity index (χ4v) is 3.24. The molecule has 0 saturated carbocycles. The van der Waals surface area contributed by atoms with Crippen molar-refractivity contribution in [1.29, 1.82) is 0 Å². The van der Waals surface area contributed by atoms with Crippen molar-refractivity contribution in [3.8, 4) is 16.3 Å². The van der Waals surface area contributed by atoms with E-state index in [2.05, 4.69) is 15.6 Å². The molecule has 2 amide bonds. The molecular weight excluding hydrogens is 314 g/mol. The summed E-state index contributed by atoms with van der Waals surface area (Å²) in [6, 6.07) is 7.29. The number of hydrogen-bond acceptors (Lipinski definition) is 5. The van der Waals surface area contributed by atoms with Gasteiger partial charge < -0.3 is 15.4 Å². The Balaban J connectivity index is 1.61. The summed E-state index contributed by atoms with van der Waals surface area (Å²) in [4.78, 5) is 28.5. The highest BCUT2D eigenvalue weighted by Gasteiger charge is 2.26. The van der Waals surface area contributed by atoms with Crippen LogP contribution < -0.4 is 15.4 Å². The van der Waals surface area contributed by atoms with E-state index in [0.29, 0.717) is 19.4 Å². The first-order valence-corrected chi connectivity index (χ1v) is 8.13. The lowest BCUT2D eigenvalue weighted by Gasteiger charge is -2.09. The minimum Gasteiger partial charge on any atom is -0.497 e. The van der Waals surface area contributed by atoms with Crippen LogP contribution in [0.2, 0.25) is 0 Å². The van der Waals surface area contributed by atoms with Crippen molar-refractivity contribution in [3.05, 3.63) is 35.3 Å². The average Bonchev–Trinajstić information content (AvgIpc) is 3.22. The van der Waals surface area contributed by atoms with E-state index in [0.717, 1.165) is 21.2 Å². The molecule has 0 spiro atoms. The third kappa shape index (κ3) is 3.68. The van der Waals surface area contributed by atoms with Crippen LogP contribution in [-0.4, -0.2) is 29.9 Å². The number of aromatic nitrogens is 1. The van der Waals surface area contributed by atoms with Gasteiger partial charge in [-0.25, -0.2) is 4.98 Å². The highest BCUT2D eigenvalue weighted by molar-refractivity contribution is 7.15. The number of rotatable bonds is 5. The molecule has 6 nitrogen and oxygen atoms in total. The highest BCUT2D eigenvalue weighted by Crippen LogP contribution is 2.27. The number of carbonyl (C=O) groups excluding carboxylic acids is 2. The van der Waals surface area contributed by atoms with Crippen molar-refractivity contribution in [2.24, 2.45) is 0 Å². The number of amides is 2. The minimum atomic E-state index is -0.409. The summed E-state index contributed by atoms with van der Waals surface area (Å²) in [6.45, 7) is 0.410. The third-order valence-corrected chi connectivity index (χ3v) is 4.67. The van der Waals surface area contributed by atoms with Gasteiger partial charge in [-0.2, -0.15) is 0 Å². The highest BCUT2D eigenvalue weighted by atomic mass is 32.1. The zero-order chi connectivity index (χ0) is 16.2. The molecule has 2 N–H and O–H groups in total. The number of benzene rings is 1. The molecule has 2 aromatic rings. The van der Waals surface area contributed by atoms with Crippen LogP contribution in [-0.2, 0) is 16.1 Å². The molecule has 7 heteroatoms. The molecule has 1 saturated heterocycles. The van der Waals surface area contributed by atoms with Crippen LogP contribution in [0.25, 0.3) is 10.6 Å². The summed E-state index contributed by atoms with van der Waals surface area (Å²) >= 11 is 1.52. The van der Waals surface area contributed by atoms with Crippen LogP contribution in [0.1, 0.15) is 17.7 Å². The maximum Gasteiger partial charge on any atom is 0.242 e. The van der Waals surface area contributed by atoms with Crippen molar-refractivity contribution in [2.75, 3.05) is 7.11 Å². The van der Waals surface area contributed by atoms with Gasteiger partial charge in [0.1, 0.15) is 16.8 Å². The predicted molar refractivity (Wildman–Crippen MR) is 87.1 cm³/mol. The molecule has 2 heterocycles. The lowest BCUT2D eigenvalue weighted by Crippen LogP contribution is -2.41. The quantitative estimate of drug-likeness (QED) is 0.874. The lowest BCUT2D eigenvalue weighted by molar-refractivity contribution is -0.125. The maximum atomic E-state index is 12.0. The molecule has 1 aliphatic rings. The zero-order valence-corrected chi connectivity index (χ0v) is 13.5. The van der Waals surface area contributed by atoms with Crippen molar-refractivity contribution in [1.82, 2.24) is 15.6 Å². The van der Waals surface area contributed by atoms with Crippen molar-refractivity contribution in [2.45, 2.75) is 25.4 Å². The number of hydrogen-bond donors (Lipinski definition) is 2. The molecule has 1 atom stereocenters. The standard InChI is InChI=1S/C16H17N3O3S/c1-22-11-4-2-3-10(7-11)16-18-9-12(23-16)8-17-15(21)13-5-6-14(20)19-13/h2-4,7,9,13H,5-6,8H2,1H3,(H,17,21)(H,19,20)/t13-/m0/s1. The maximum absolute atomic E-state index is 12.0. The van der Waals surface area contributed by atoms with Gasteiger partial charge in [-0.1, -0.05) is 12.1 Å². The molecule has 1 aliphatic heterocycles. The first-order valence-electron chi connectivity index (χ1n) is 7.32. The van der Waals surface area contributed by atoms with E-state index < -0.39 is 6.04 Å². The summed E-state index contributed by atoms with van der Waals surface area (Å²) in [5, 5.41) is 6.37. The van der Waals surface area contributed by atoms with Gasteiger partial charge in [-0.05, 0) is 18.6 Å². The Bertz CT molecular complexity index is 729. The van der Waals surface area contributed by atoms with Gasteiger partial charge in [-0.15, -0.1) is 11.3 Å². The topological polar surface area (TPSA) is 80.3 Å². The SMILES string of the molecule is COc1cccc(-c2ncc(CNC(=O)[C@@H]3CCC(=O)N3)s2)c1. The summed E-state index contributed by atoms with van der Waals surface area (Å²) in [6.07, 6.45) is 2.73. The fraction of sp³-hybridized carbons (Fsp3) is 0.312. The summed E-state index contributed by atoms with van der Waals surface area (Å²) in [5.41, 5.74) is 0.981. The van der Waals surface area contributed by atoms with Gasteiger partial charge in [0.05, 0.1) is 13.7 Å². The Hall–Kier alpha value is -2.41. The van der Waals surface area contributed by atoms with Gasteiger partial charge >= 0.3 is 0 Å². The van der Waals surface area contributed by atoms with Crippen LogP contribution in [0.5, 0.6) is 5.75 Å². The second-order valence-electron chi connectivity index (χ2n) is 5.24. The van der Waals surface area contributed by atoms with Crippen LogP contribution in [0, 0.1) is 0 Å². The number of carbonyl (C=O) groups is 2. The Kier molecular flexibility index (Phi) is 4.57. The molecular formula is C16H17N3O3S. The number of methoxy groups -OCH3 is 1. The number of nitrogens with zero attached hydrogens (tertiary/aromatic N) is 1. The molecule has 3 rings (SSSR count). The van der Waals surface area contributed by atoms with Gasteiger partial charge in [-0.3, -0.25) is 9.59 Å². The number of thiazole rings is 1. The molecule has 1 aromatic carbocycles. The van der Waals surface area contributed by atoms with E-state index in [1.54, 1.807) is 13.3 Å². The molecule has 1 fully saturated rings. The van der Waals surface area contributed by atoms with E-state index in [4.69, 9.17) is 4.74 Å². The minimum absolute atomic E-state index is 0.0664. The van der Waals surface area contributed by atoms with Crippen molar-refractivity contribution >= 4 is 23.2 Å². The van der Waals surface area contributed by atoms with E-state index in [9.17, 15) is 9.59 Å². The normalized spacial score (nSPS) is 16.9. The van der Waals surface area contributed by atoms with Crippen molar-refractivity contribution < 1.29 is 14.3 Å². The molecule has 0 aliphatic carbocycles. The second-order valence-corrected chi connectivity index (χ2v) is 6.36. The van der Waals surface area contributed by atoms with Crippen LogP contribution in [0.3, 0.4) is 0 Å². The van der Waals surface area contributed by atoms with Crippen LogP contribution >= 0.6 is 11.3 Å². The molecule has 0 unspecified atom stereocenters. The first-order chi connectivity index (χ1) is 11.2. The Morgan fingerprint density at radius 1 is 1.52 bits per heavy atom. The van der Waals surface area contributed by atoms with Gasteiger partial charge in [0.15, 0.2) is 0 Å². The molecule has 0 radical (unpaired) electrons. The Labute approximate surface area is 137 Å². The summed E-state index contributed by atoms with van der Waals surface area (Å²) in [7, 11) is 1.63. The van der Waals surface area contributed by atoms with E-state index in [-0.39, 0.29) is 11.8 Å². The second kappa shape index (κ2) is 6.78. The van der Waals surface area contributed by atoms with Crippen LogP contribution in [0.4, 0.5) is 0 Å². The first kappa shape index (κ1) is 15.5. The lowest BCUT2D eigenvalue weighted by atomic mass is 10.2. The van der Waals surface area contributed by atoms with E-state index in [1.807, 2.05) is 24.3 Å². The fourth-order valence-electron chi connectivity index (χ4n) is 2.39. The Morgan fingerprint density at radius 2 is 2.39 bits per heavy atom. The smallest absolute Gasteiger partial charge is 0.242 e. The molecule has 0 bridgehead atoms. The number of ether oxygens (including phenoxy) is 1. The van der Waals surface area contributed by atoms with Gasteiger partial charge in [0, 0.05) is 23.1 Å². The predicted octanol–water partition coefficient (Wildman–Crippen LogP) is 1.71. The summed E-state index contributed by atoms with van der Waals surface area (Å²) in [5.74, 6) is 0.569. The van der Waals surface area contributed by atoms with Crippen molar-refractivity contribution in [3.63, 3.8) is 0 Å². The summed E-state index contributed by atoms with van der Waals surface area (Å²) < 4.78 is 5.21. The molecule has 1 aromatic heterocycles. The van der Waals surface area contributed by atoms with E-state index >= 15 is 0 Å². The third-order valence-electron chi connectivity index (χ3n) is 3.62. The van der Waals surface area contributed by atoms with E-state index in [1.165, 1.54) is 11.3 Å². The average molecular weight is 331 g/mol.